The van der Waals surface area contributed by atoms with Crippen LogP contribution in [-0.4, -0.2) is 0 Å². The predicted octanol–water partition coefficient (Wildman–Crippen LogP) is 14.6. The molecule has 12 aromatic rings. The molecule has 240 valence electrons. The van der Waals surface area contributed by atoms with Gasteiger partial charge in [-0.2, -0.15) is 0 Å². The Morgan fingerprint density at radius 2 is 0.615 bits per heavy atom. The Labute approximate surface area is 297 Å². The van der Waals surface area contributed by atoms with Crippen molar-refractivity contribution in [1.29, 1.82) is 0 Å². The first-order valence-corrected chi connectivity index (χ1v) is 17.8. The van der Waals surface area contributed by atoms with E-state index < -0.39 is 0 Å². The summed E-state index contributed by atoms with van der Waals surface area (Å²) >= 11 is 0. The maximum absolute atomic E-state index is 6.53. The van der Waals surface area contributed by atoms with E-state index in [0.717, 1.165) is 66.1 Å². The maximum atomic E-state index is 6.53. The third-order valence-electron chi connectivity index (χ3n) is 11.2. The van der Waals surface area contributed by atoms with Crippen LogP contribution in [0.4, 0.5) is 0 Å². The fourth-order valence-electron chi connectivity index (χ4n) is 8.96. The summed E-state index contributed by atoms with van der Waals surface area (Å²) in [6.07, 6.45) is 0. The third-order valence-corrected chi connectivity index (χ3v) is 11.2. The van der Waals surface area contributed by atoms with E-state index in [0.29, 0.717) is 0 Å². The van der Waals surface area contributed by atoms with Crippen LogP contribution < -0.4 is 0 Å². The number of hydrogen-bond acceptors (Lipinski definition) is 2. The Balaban J connectivity index is 1.22. The molecule has 0 radical (unpaired) electrons. The standard InChI is InChI=1S/C50H28O2/c1-3-15-39-33(11-1)35-25-23-29(31-17-9-19-41-37-13-5-7-21-45(37)51-49(31)41)27-43(35)48-40-16-4-2-12-34(40)36-26-24-30(28-44(36)47(39)48)32-18-10-20-42-38-14-6-8-22-46(38)52-50(32)42/h1-28H. The van der Waals surface area contributed by atoms with Gasteiger partial charge in [-0.1, -0.05) is 146 Å². The fraction of sp³-hybridized carbons (Fsp3) is 0. The van der Waals surface area contributed by atoms with Crippen molar-refractivity contribution in [3.63, 3.8) is 0 Å². The molecule has 2 aromatic heterocycles. The molecule has 0 fully saturated rings. The number of fused-ring (bicyclic) bond motifs is 17. The second-order valence-electron chi connectivity index (χ2n) is 13.9. The van der Waals surface area contributed by atoms with Crippen molar-refractivity contribution in [3.05, 3.63) is 170 Å². The third kappa shape index (κ3) is 3.73. The van der Waals surface area contributed by atoms with Gasteiger partial charge in [-0.15, -0.1) is 0 Å². The van der Waals surface area contributed by atoms with Crippen LogP contribution in [0.25, 0.3) is 120 Å². The van der Waals surface area contributed by atoms with Crippen LogP contribution in [-0.2, 0) is 0 Å². The summed E-state index contributed by atoms with van der Waals surface area (Å²) in [4.78, 5) is 0. The normalized spacial score (nSPS) is 12.2. The highest BCUT2D eigenvalue weighted by molar-refractivity contribution is 6.40. The van der Waals surface area contributed by atoms with Gasteiger partial charge >= 0.3 is 0 Å². The van der Waals surface area contributed by atoms with Gasteiger partial charge in [0.15, 0.2) is 0 Å². The smallest absolute Gasteiger partial charge is 0.143 e. The molecule has 0 saturated carbocycles. The van der Waals surface area contributed by atoms with Gasteiger partial charge in [0, 0.05) is 32.7 Å². The molecule has 0 bridgehead atoms. The molecule has 10 aromatic carbocycles. The topological polar surface area (TPSA) is 26.3 Å². The van der Waals surface area contributed by atoms with Crippen LogP contribution in [0.15, 0.2) is 179 Å². The van der Waals surface area contributed by atoms with Gasteiger partial charge in [-0.25, -0.2) is 0 Å². The van der Waals surface area contributed by atoms with Crippen LogP contribution >= 0.6 is 0 Å². The lowest BCUT2D eigenvalue weighted by molar-refractivity contribution is 0.669. The first kappa shape index (κ1) is 27.9. The molecule has 2 nitrogen and oxygen atoms in total. The zero-order chi connectivity index (χ0) is 33.9. The Bertz CT molecular complexity index is 3240. The fourth-order valence-corrected chi connectivity index (χ4v) is 8.96. The lowest BCUT2D eigenvalue weighted by Crippen LogP contribution is -1.90. The number of benzene rings is 10. The van der Waals surface area contributed by atoms with Crippen molar-refractivity contribution >= 4 is 97.7 Å². The second kappa shape index (κ2) is 10.3. The molecule has 0 aliphatic carbocycles. The molecule has 52 heavy (non-hydrogen) atoms. The van der Waals surface area contributed by atoms with Crippen molar-refractivity contribution in [3.8, 4) is 22.3 Å². The molecule has 0 spiro atoms. The first-order valence-electron chi connectivity index (χ1n) is 17.8. The molecule has 0 aliphatic heterocycles. The minimum absolute atomic E-state index is 0.911. The lowest BCUT2D eigenvalue weighted by Gasteiger charge is -2.18. The van der Waals surface area contributed by atoms with Gasteiger partial charge in [0.05, 0.1) is 0 Å². The molecular weight excluding hydrogens is 633 g/mol. The highest BCUT2D eigenvalue weighted by Gasteiger charge is 2.19. The van der Waals surface area contributed by atoms with E-state index in [4.69, 9.17) is 8.83 Å². The summed E-state index contributed by atoms with van der Waals surface area (Å²) in [7, 11) is 0. The van der Waals surface area contributed by atoms with Crippen LogP contribution in [0.1, 0.15) is 0 Å². The minimum atomic E-state index is 0.911. The first-order chi connectivity index (χ1) is 25.8. The molecular formula is C50H28O2. The van der Waals surface area contributed by atoms with Crippen LogP contribution in [0.5, 0.6) is 0 Å². The summed E-state index contributed by atoms with van der Waals surface area (Å²) in [5.41, 5.74) is 8.15. The Kier molecular flexibility index (Phi) is 5.53. The molecule has 2 heteroatoms. The van der Waals surface area contributed by atoms with Crippen molar-refractivity contribution in [1.82, 2.24) is 0 Å². The van der Waals surface area contributed by atoms with E-state index >= 15 is 0 Å². The quantitative estimate of drug-likeness (QED) is 0.173. The second-order valence-corrected chi connectivity index (χ2v) is 13.9. The molecule has 12 rings (SSSR count). The van der Waals surface area contributed by atoms with Crippen LogP contribution in [0.2, 0.25) is 0 Å². The molecule has 0 N–H and O–H groups in total. The summed E-state index contributed by atoms with van der Waals surface area (Å²) in [5, 5.41) is 17.1. The van der Waals surface area contributed by atoms with Crippen LogP contribution in [0.3, 0.4) is 0 Å². The van der Waals surface area contributed by atoms with E-state index in [1.165, 1.54) is 53.9 Å². The summed E-state index contributed by atoms with van der Waals surface area (Å²) in [6, 6.07) is 61.4. The van der Waals surface area contributed by atoms with Crippen molar-refractivity contribution in [2.45, 2.75) is 0 Å². The van der Waals surface area contributed by atoms with E-state index in [1.807, 2.05) is 12.1 Å². The Hall–Kier alpha value is -6.90. The van der Waals surface area contributed by atoms with Gasteiger partial charge in [0.1, 0.15) is 22.3 Å². The van der Waals surface area contributed by atoms with E-state index in [2.05, 4.69) is 158 Å². The van der Waals surface area contributed by atoms with Gasteiger partial charge in [0.2, 0.25) is 0 Å². The SMILES string of the molecule is c1ccc2c(c1)oc1c(-c3ccc4c5ccccc5c5c6cc(-c7cccc8c7oc7ccccc78)ccc6c6ccccc6c5c4c3)cccc12. The number of rotatable bonds is 2. The van der Waals surface area contributed by atoms with E-state index in [9.17, 15) is 0 Å². The number of para-hydroxylation sites is 4. The van der Waals surface area contributed by atoms with Crippen LogP contribution in [0, 0.1) is 0 Å². The van der Waals surface area contributed by atoms with Gasteiger partial charge in [-0.3, -0.25) is 0 Å². The predicted molar refractivity (Wildman–Crippen MR) is 219 cm³/mol. The molecule has 0 amide bonds. The highest BCUT2D eigenvalue weighted by atomic mass is 16.3. The zero-order valence-electron chi connectivity index (χ0n) is 28.0. The zero-order valence-corrected chi connectivity index (χ0v) is 28.0. The number of hydrogen-bond donors (Lipinski definition) is 0. The molecule has 0 saturated heterocycles. The van der Waals surface area contributed by atoms with Crippen molar-refractivity contribution in [2.24, 2.45) is 0 Å². The summed E-state index contributed by atoms with van der Waals surface area (Å²) < 4.78 is 13.1. The maximum Gasteiger partial charge on any atom is 0.143 e. The minimum Gasteiger partial charge on any atom is -0.455 e. The monoisotopic (exact) mass is 660 g/mol. The molecule has 0 aliphatic rings. The Morgan fingerprint density at radius 1 is 0.250 bits per heavy atom. The van der Waals surface area contributed by atoms with Gasteiger partial charge in [-0.05, 0) is 89.3 Å². The summed E-state index contributed by atoms with van der Waals surface area (Å²) in [6.45, 7) is 0. The lowest BCUT2D eigenvalue weighted by atomic mass is 9.85. The molecule has 0 unspecified atom stereocenters. The van der Waals surface area contributed by atoms with Gasteiger partial charge < -0.3 is 8.83 Å². The van der Waals surface area contributed by atoms with Crippen molar-refractivity contribution < 1.29 is 8.83 Å². The highest BCUT2D eigenvalue weighted by Crippen LogP contribution is 2.47. The molecule has 2 heterocycles. The van der Waals surface area contributed by atoms with E-state index in [-0.39, 0.29) is 0 Å². The van der Waals surface area contributed by atoms with E-state index in [1.54, 1.807) is 0 Å². The Morgan fingerprint density at radius 3 is 1.08 bits per heavy atom. The largest absolute Gasteiger partial charge is 0.455 e. The van der Waals surface area contributed by atoms with Gasteiger partial charge in [0.25, 0.3) is 0 Å². The number of furan rings is 2. The average molecular weight is 661 g/mol. The molecule has 0 atom stereocenters. The average Bonchev–Trinajstić information content (AvgIpc) is 3.79. The van der Waals surface area contributed by atoms with Crippen molar-refractivity contribution in [2.75, 3.05) is 0 Å². The summed E-state index contributed by atoms with van der Waals surface area (Å²) in [5.74, 6) is 0.